The minimum absolute atomic E-state index is 0.0975. The first kappa shape index (κ1) is 77.6. The Bertz CT molecular complexity index is 1720. The lowest BCUT2D eigenvalue weighted by molar-refractivity contribution is -0.305. The van der Waals surface area contributed by atoms with E-state index in [0.29, 0.717) is 12.8 Å². The number of aliphatic hydroxyl groups is 5. The van der Waals surface area contributed by atoms with E-state index in [4.69, 9.17) is 14.2 Å². The number of amides is 1. The van der Waals surface area contributed by atoms with Crippen molar-refractivity contribution in [2.24, 2.45) is 0 Å². The number of hydrogen-bond acceptors (Lipinski definition) is 10. The number of esters is 1. The Labute approximate surface area is 507 Å². The fourth-order valence-corrected chi connectivity index (χ4v) is 10.1. The number of carbonyl (C=O) groups excluding carboxylic acids is 2. The zero-order chi connectivity index (χ0) is 60.3. The molecule has 0 aromatic rings. The summed E-state index contributed by atoms with van der Waals surface area (Å²) in [6.45, 7) is 5.65. The maximum absolute atomic E-state index is 13.5. The van der Waals surface area contributed by atoms with Gasteiger partial charge in [-0.3, -0.25) is 9.59 Å². The van der Waals surface area contributed by atoms with Crippen LogP contribution < -0.4 is 5.32 Å². The average Bonchev–Trinajstić information content (AvgIpc) is 3.69. The molecule has 11 heteroatoms. The predicted octanol–water partition coefficient (Wildman–Crippen LogP) is 17.1. The summed E-state index contributed by atoms with van der Waals surface area (Å²) in [5.41, 5.74) is 0. The molecular weight excluding hydrogens is 1040 g/mol. The van der Waals surface area contributed by atoms with E-state index in [2.05, 4.69) is 111 Å². The molecular formula is C72H125NO10. The van der Waals surface area contributed by atoms with Gasteiger partial charge in [-0.2, -0.15) is 0 Å². The second-order valence-corrected chi connectivity index (χ2v) is 23.2. The third kappa shape index (κ3) is 46.5. The number of unbranched alkanes of at least 4 members (excludes halogenated alkanes) is 29. The van der Waals surface area contributed by atoms with E-state index >= 15 is 0 Å². The highest BCUT2D eigenvalue weighted by atomic mass is 16.7. The Morgan fingerprint density at radius 2 is 0.867 bits per heavy atom. The molecule has 6 N–H and O–H groups in total. The van der Waals surface area contributed by atoms with Gasteiger partial charge in [-0.15, -0.1) is 0 Å². The average molecular weight is 1160 g/mol. The van der Waals surface area contributed by atoms with Crippen LogP contribution in [0.25, 0.3) is 0 Å². The van der Waals surface area contributed by atoms with Crippen LogP contribution in [-0.2, 0) is 23.8 Å². The van der Waals surface area contributed by atoms with Crippen molar-refractivity contribution in [2.45, 2.75) is 333 Å². The van der Waals surface area contributed by atoms with E-state index in [-0.39, 0.29) is 19.4 Å². The lowest BCUT2D eigenvalue weighted by Crippen LogP contribution is -2.61. The molecule has 1 saturated heterocycles. The Morgan fingerprint density at radius 1 is 0.482 bits per heavy atom. The first-order valence-corrected chi connectivity index (χ1v) is 34.0. The smallest absolute Gasteiger partial charge is 0.306 e. The van der Waals surface area contributed by atoms with Crippen LogP contribution in [-0.4, -0.2) is 99.6 Å². The summed E-state index contributed by atoms with van der Waals surface area (Å²) in [4.78, 5) is 26.6. The zero-order valence-electron chi connectivity index (χ0n) is 53.0. The van der Waals surface area contributed by atoms with Crippen LogP contribution in [0.3, 0.4) is 0 Å². The zero-order valence-corrected chi connectivity index (χ0v) is 53.0. The SMILES string of the molecule is CC/C=C\C/C=C\C/C=C\C/C=C\C/C=C\CCCCCCCC(=O)OC1C(OCC(NC(=O)C(O)CCCCCCCCCCCCCC/C=C\C/C=C\CCCCC)C(O)/C=C/CCCCCCCCCCC)OC(CO)C(O)C1O. The molecule has 11 nitrogen and oxygen atoms in total. The molecule has 0 bridgehead atoms. The lowest BCUT2D eigenvalue weighted by atomic mass is 9.99. The van der Waals surface area contributed by atoms with Crippen molar-refractivity contribution in [2.75, 3.05) is 13.2 Å². The fourth-order valence-electron chi connectivity index (χ4n) is 10.1. The fraction of sp³-hybridized carbons (Fsp3) is 0.750. The molecule has 1 rings (SSSR count). The number of hydrogen-bond donors (Lipinski definition) is 6. The van der Waals surface area contributed by atoms with Crippen molar-refractivity contribution in [3.8, 4) is 0 Å². The topological polar surface area (TPSA) is 175 Å². The molecule has 1 heterocycles. The van der Waals surface area contributed by atoms with E-state index in [9.17, 15) is 35.1 Å². The molecule has 0 aliphatic carbocycles. The molecule has 1 fully saturated rings. The highest BCUT2D eigenvalue weighted by Gasteiger charge is 2.47. The predicted molar refractivity (Wildman–Crippen MR) is 347 cm³/mol. The number of nitrogens with one attached hydrogen (secondary N) is 1. The quantitative estimate of drug-likeness (QED) is 0.0195. The normalized spacial score (nSPS) is 19.2. The molecule has 1 amide bonds. The third-order valence-corrected chi connectivity index (χ3v) is 15.5. The van der Waals surface area contributed by atoms with Gasteiger partial charge in [-0.1, -0.05) is 272 Å². The molecule has 0 aromatic heterocycles. The summed E-state index contributed by atoms with van der Waals surface area (Å²) in [7, 11) is 0. The van der Waals surface area contributed by atoms with E-state index in [1.165, 1.54) is 128 Å². The van der Waals surface area contributed by atoms with Gasteiger partial charge >= 0.3 is 5.97 Å². The largest absolute Gasteiger partial charge is 0.454 e. The molecule has 8 atom stereocenters. The maximum atomic E-state index is 13.5. The number of ether oxygens (including phenoxy) is 3. The van der Waals surface area contributed by atoms with Crippen LogP contribution in [0.4, 0.5) is 0 Å². The van der Waals surface area contributed by atoms with Gasteiger partial charge in [-0.05, 0) is 103 Å². The van der Waals surface area contributed by atoms with Gasteiger partial charge in [0.1, 0.15) is 24.4 Å². The number of rotatable bonds is 57. The van der Waals surface area contributed by atoms with Crippen molar-refractivity contribution in [1.82, 2.24) is 5.32 Å². The summed E-state index contributed by atoms with van der Waals surface area (Å²) < 4.78 is 17.6. The van der Waals surface area contributed by atoms with Gasteiger partial charge in [0.15, 0.2) is 12.4 Å². The molecule has 83 heavy (non-hydrogen) atoms. The van der Waals surface area contributed by atoms with Crippen molar-refractivity contribution in [3.05, 3.63) is 97.2 Å². The van der Waals surface area contributed by atoms with Crippen LogP contribution >= 0.6 is 0 Å². The van der Waals surface area contributed by atoms with E-state index in [0.717, 1.165) is 109 Å². The van der Waals surface area contributed by atoms with Crippen molar-refractivity contribution in [1.29, 1.82) is 0 Å². The van der Waals surface area contributed by atoms with Gasteiger partial charge in [-0.25, -0.2) is 0 Å². The van der Waals surface area contributed by atoms with Gasteiger partial charge in [0.25, 0.3) is 0 Å². The van der Waals surface area contributed by atoms with Crippen molar-refractivity contribution < 1.29 is 49.3 Å². The first-order valence-electron chi connectivity index (χ1n) is 34.0. The number of carbonyl (C=O) groups is 2. The summed E-state index contributed by atoms with van der Waals surface area (Å²) in [6, 6.07) is -1.03. The summed E-state index contributed by atoms with van der Waals surface area (Å²) in [5, 5.41) is 57.1. The summed E-state index contributed by atoms with van der Waals surface area (Å²) >= 11 is 0. The van der Waals surface area contributed by atoms with Gasteiger partial charge < -0.3 is 45.1 Å². The molecule has 0 aromatic carbocycles. The van der Waals surface area contributed by atoms with Crippen LogP contribution in [0.2, 0.25) is 0 Å². The van der Waals surface area contributed by atoms with Crippen LogP contribution in [0.15, 0.2) is 97.2 Å². The number of aliphatic hydroxyl groups excluding tert-OH is 5. The third-order valence-electron chi connectivity index (χ3n) is 15.5. The van der Waals surface area contributed by atoms with Crippen molar-refractivity contribution >= 4 is 11.9 Å². The second-order valence-electron chi connectivity index (χ2n) is 23.2. The molecule has 1 aliphatic rings. The minimum atomic E-state index is -1.63. The Kier molecular flexibility index (Phi) is 55.1. The monoisotopic (exact) mass is 1160 g/mol. The Balaban J connectivity index is 2.61. The standard InChI is InChI=1S/C72H125NO10/c1-4-7-10-13-16-19-22-24-26-28-30-32-34-35-37-39-41-44-47-50-53-56-59-65(76)71(80)73-63(64(75)58-55-52-49-46-43-21-18-15-12-9-6-3)62-81-72-70(69(79)68(78)66(61-74)82-72)83-67(77)60-57-54-51-48-45-42-40-38-36-33-31-29-27-25-23-20-17-14-11-8-5-2/h8,11,16-17,19-20,24-27,31,33,38,40,55,58,63-66,68-70,72,74-76,78-79H,4-7,9-10,12-15,18,21-23,28-30,32,34-37,39,41-54,56-57,59-62H2,1-3H3,(H,73,80)/b11-8-,19-16-,20-17-,26-24-,27-25-,33-31-,40-38-,58-55+. The molecule has 1 aliphatic heterocycles. The van der Waals surface area contributed by atoms with Crippen LogP contribution in [0.1, 0.15) is 284 Å². The van der Waals surface area contributed by atoms with Gasteiger partial charge in [0.05, 0.1) is 25.4 Å². The molecule has 0 spiro atoms. The molecule has 478 valence electrons. The molecule has 8 unspecified atom stereocenters. The van der Waals surface area contributed by atoms with Crippen LogP contribution in [0.5, 0.6) is 0 Å². The summed E-state index contributed by atoms with van der Waals surface area (Å²) in [6.07, 6.45) is 68.7. The highest BCUT2D eigenvalue weighted by molar-refractivity contribution is 5.80. The maximum Gasteiger partial charge on any atom is 0.306 e. The molecule has 0 saturated carbocycles. The number of allylic oxidation sites excluding steroid dienone is 15. The van der Waals surface area contributed by atoms with Crippen LogP contribution in [0, 0.1) is 0 Å². The van der Waals surface area contributed by atoms with Crippen molar-refractivity contribution in [3.63, 3.8) is 0 Å². The second kappa shape index (κ2) is 58.9. The minimum Gasteiger partial charge on any atom is -0.454 e. The summed E-state index contributed by atoms with van der Waals surface area (Å²) in [5.74, 6) is -1.22. The Morgan fingerprint density at radius 3 is 1.33 bits per heavy atom. The molecule has 0 radical (unpaired) electrons. The van der Waals surface area contributed by atoms with E-state index in [1.54, 1.807) is 6.08 Å². The van der Waals surface area contributed by atoms with Gasteiger partial charge in [0, 0.05) is 6.42 Å². The lowest BCUT2D eigenvalue weighted by Gasteiger charge is -2.41. The van der Waals surface area contributed by atoms with Gasteiger partial charge in [0.2, 0.25) is 5.91 Å². The first-order chi connectivity index (χ1) is 40.7. The van der Waals surface area contributed by atoms with E-state index < -0.39 is 67.4 Å². The van der Waals surface area contributed by atoms with E-state index in [1.807, 2.05) is 6.08 Å². The highest BCUT2D eigenvalue weighted by Crippen LogP contribution is 2.26. The Hall–Kier alpha value is -3.42.